The molecule has 6 rings (SSSR count). The molecule has 298 valence electrons. The van der Waals surface area contributed by atoms with Crippen LogP contribution in [0.2, 0.25) is 0 Å². The molecule has 2 aliphatic carbocycles. The Kier molecular flexibility index (Phi) is 10.8. The number of fused-ring (bicyclic) bond motifs is 3. The Hall–Kier alpha value is -3.88. The van der Waals surface area contributed by atoms with E-state index in [9.17, 15) is 32.4 Å². The molecule has 5 aliphatic rings. The lowest BCUT2D eigenvalue weighted by Gasteiger charge is -2.36. The molecule has 3 N–H and O–H groups in total. The third kappa shape index (κ3) is 8.20. The van der Waals surface area contributed by atoms with Crippen molar-refractivity contribution in [3.63, 3.8) is 0 Å². The summed E-state index contributed by atoms with van der Waals surface area (Å²) in [7, 11) is -3.89. The number of nitrogens with zero attached hydrogens (tertiary/aromatic N) is 2. The average molecular weight is 772 g/mol. The standard InChI is InChI=1S/C39H57N5O9S/c1-8-26-18-39(26,34(47)42-54(50,51)27-15-16-27)41-32(45)30-23(2)29-21-44(30)33(46)31(37(3,4)5)40-35(48)52-22-38(6,7)17-10-9-12-24-13-11-14-25-19-43(20-28(24)25)36(49)53-29/h11,13-14,23,26-27,29-31H,8-10,12,15-22H2,1-7H3,(H,40,48)(H,41,45)(H,42,47)/t23-,26-,29+,30+,31+,39-/m1/s1. The van der Waals surface area contributed by atoms with Crippen LogP contribution < -0.4 is 15.4 Å². The van der Waals surface area contributed by atoms with Crippen molar-refractivity contribution >= 4 is 39.9 Å². The number of hydrogen-bond donors (Lipinski definition) is 3. The van der Waals surface area contributed by atoms with Gasteiger partial charge in [0.25, 0.3) is 5.91 Å². The molecule has 4 bridgehead atoms. The smallest absolute Gasteiger partial charge is 0.410 e. The fourth-order valence-electron chi connectivity index (χ4n) is 8.28. The van der Waals surface area contributed by atoms with Crippen molar-refractivity contribution in [2.24, 2.45) is 22.7 Å². The molecular formula is C39H57N5O9S. The monoisotopic (exact) mass is 771 g/mol. The SMILES string of the molecule is CC[C@@H]1C[C@]1(NC(=O)[C@@H]1[C@H](C)[C@@H]2CN1C(=O)[C@@H](C(C)(C)C)NC(=O)OCC(C)(C)CCCCc1cccc3c1CN(C3)C(=O)O2)C(=O)NS(=O)(=O)C1CC1. The second-order valence-electron chi connectivity index (χ2n) is 18.0. The number of amides is 5. The maximum absolute atomic E-state index is 14.6. The Labute approximate surface area is 318 Å². The number of benzene rings is 1. The van der Waals surface area contributed by atoms with Crippen molar-refractivity contribution in [2.75, 3.05) is 13.2 Å². The number of cyclic esters (lactones) is 1. The van der Waals surface area contributed by atoms with E-state index in [1.807, 2.05) is 32.9 Å². The molecule has 2 saturated carbocycles. The average Bonchev–Trinajstić information content (AvgIpc) is 4.00. The molecule has 1 saturated heterocycles. The van der Waals surface area contributed by atoms with Gasteiger partial charge in [0.2, 0.25) is 21.8 Å². The normalized spacial score (nSPS) is 30.5. The van der Waals surface area contributed by atoms with Crippen LogP contribution in [0.15, 0.2) is 18.2 Å². The molecule has 1 aromatic carbocycles. The van der Waals surface area contributed by atoms with Crippen molar-refractivity contribution in [3.8, 4) is 0 Å². The Balaban J connectivity index is 1.31. The van der Waals surface area contributed by atoms with Gasteiger partial charge >= 0.3 is 12.2 Å². The highest BCUT2D eigenvalue weighted by Gasteiger charge is 2.63. The largest absolute Gasteiger partial charge is 0.449 e. The van der Waals surface area contributed by atoms with Crippen LogP contribution in [-0.2, 0) is 53.4 Å². The number of rotatable bonds is 6. The first-order valence-corrected chi connectivity index (χ1v) is 21.0. The molecule has 0 aromatic heterocycles. The van der Waals surface area contributed by atoms with Gasteiger partial charge in [0, 0.05) is 19.0 Å². The predicted octanol–water partition coefficient (Wildman–Crippen LogP) is 4.14. The predicted molar refractivity (Wildman–Crippen MR) is 199 cm³/mol. The summed E-state index contributed by atoms with van der Waals surface area (Å²) in [5.41, 5.74) is 0.707. The van der Waals surface area contributed by atoms with Crippen molar-refractivity contribution < 1.29 is 41.9 Å². The van der Waals surface area contributed by atoms with Gasteiger partial charge in [-0.05, 0) is 72.0 Å². The van der Waals surface area contributed by atoms with Crippen molar-refractivity contribution in [2.45, 2.75) is 142 Å². The van der Waals surface area contributed by atoms with E-state index in [2.05, 4.69) is 21.4 Å². The number of sulfonamides is 1. The van der Waals surface area contributed by atoms with E-state index in [0.29, 0.717) is 32.4 Å². The highest BCUT2D eigenvalue weighted by Crippen LogP contribution is 2.47. The number of nitrogens with one attached hydrogen (secondary N) is 3. The number of aryl methyl sites for hydroxylation is 1. The van der Waals surface area contributed by atoms with Gasteiger partial charge < -0.3 is 25.0 Å². The van der Waals surface area contributed by atoms with Gasteiger partial charge in [-0.2, -0.15) is 0 Å². The number of carbonyl (C=O) groups excluding carboxylic acids is 5. The number of hydrogen-bond acceptors (Lipinski definition) is 9. The minimum absolute atomic E-state index is 0.140. The first kappa shape index (κ1) is 39.8. The molecular weight excluding hydrogens is 715 g/mol. The summed E-state index contributed by atoms with van der Waals surface area (Å²) >= 11 is 0. The number of alkyl carbamates (subject to hydrolysis) is 1. The van der Waals surface area contributed by atoms with Crippen LogP contribution in [0, 0.1) is 22.7 Å². The molecule has 54 heavy (non-hydrogen) atoms. The van der Waals surface area contributed by atoms with E-state index in [0.717, 1.165) is 36.8 Å². The summed E-state index contributed by atoms with van der Waals surface area (Å²) in [6.07, 6.45) is 2.93. The molecule has 14 nitrogen and oxygen atoms in total. The lowest BCUT2D eigenvalue weighted by molar-refractivity contribution is -0.143. The zero-order valence-electron chi connectivity index (χ0n) is 32.7. The number of ether oxygens (including phenoxy) is 2. The third-order valence-electron chi connectivity index (χ3n) is 12.0. The quantitative estimate of drug-likeness (QED) is 0.383. The van der Waals surface area contributed by atoms with Crippen molar-refractivity contribution in [1.82, 2.24) is 25.2 Å². The minimum Gasteiger partial charge on any atom is -0.449 e. The molecule has 5 amide bonds. The third-order valence-corrected chi connectivity index (χ3v) is 13.8. The Bertz CT molecular complexity index is 1790. The Morgan fingerprint density at radius 3 is 2.41 bits per heavy atom. The van der Waals surface area contributed by atoms with E-state index in [4.69, 9.17) is 9.47 Å². The van der Waals surface area contributed by atoms with E-state index >= 15 is 0 Å². The second kappa shape index (κ2) is 14.6. The van der Waals surface area contributed by atoms with Gasteiger partial charge in [-0.25, -0.2) is 18.0 Å². The summed E-state index contributed by atoms with van der Waals surface area (Å²) in [6.45, 7) is 13.8. The van der Waals surface area contributed by atoms with Crippen LogP contribution in [-0.4, -0.2) is 90.3 Å². The lowest BCUT2D eigenvalue weighted by Crippen LogP contribution is -2.61. The van der Waals surface area contributed by atoms with Crippen LogP contribution in [0.5, 0.6) is 0 Å². The maximum Gasteiger partial charge on any atom is 0.410 e. The van der Waals surface area contributed by atoms with E-state index in [-0.39, 0.29) is 30.9 Å². The molecule has 3 fully saturated rings. The van der Waals surface area contributed by atoms with Gasteiger partial charge in [-0.3, -0.25) is 24.0 Å². The van der Waals surface area contributed by atoms with Gasteiger partial charge in [0.15, 0.2) is 0 Å². The van der Waals surface area contributed by atoms with Crippen LogP contribution in [0.1, 0.15) is 110 Å². The van der Waals surface area contributed by atoms with Gasteiger partial charge in [-0.1, -0.05) is 79.5 Å². The summed E-state index contributed by atoms with van der Waals surface area (Å²) in [4.78, 5) is 72.8. The maximum atomic E-state index is 14.6. The molecule has 1 aromatic rings. The van der Waals surface area contributed by atoms with E-state index in [1.165, 1.54) is 10.5 Å². The minimum atomic E-state index is -3.89. The van der Waals surface area contributed by atoms with E-state index < -0.39 is 80.2 Å². The first-order valence-electron chi connectivity index (χ1n) is 19.4. The van der Waals surface area contributed by atoms with Crippen molar-refractivity contribution in [3.05, 3.63) is 34.9 Å². The van der Waals surface area contributed by atoms with Crippen LogP contribution in [0.4, 0.5) is 9.59 Å². The highest BCUT2D eigenvalue weighted by atomic mass is 32.2. The summed E-state index contributed by atoms with van der Waals surface area (Å²) < 4.78 is 39.5. The number of carbonyl (C=O) groups is 5. The topological polar surface area (TPSA) is 181 Å². The summed E-state index contributed by atoms with van der Waals surface area (Å²) in [6, 6.07) is 3.76. The molecule has 0 radical (unpaired) electrons. The lowest BCUT2D eigenvalue weighted by atomic mass is 9.85. The Morgan fingerprint density at radius 2 is 1.76 bits per heavy atom. The zero-order chi connectivity index (χ0) is 39.4. The second-order valence-corrected chi connectivity index (χ2v) is 19.9. The molecule has 0 spiro atoms. The summed E-state index contributed by atoms with van der Waals surface area (Å²) in [5, 5.41) is 4.99. The van der Waals surface area contributed by atoms with Crippen molar-refractivity contribution in [1.29, 1.82) is 0 Å². The molecule has 15 heteroatoms. The molecule has 3 aliphatic heterocycles. The van der Waals surface area contributed by atoms with Crippen LogP contribution in [0.25, 0.3) is 0 Å². The first-order chi connectivity index (χ1) is 25.3. The zero-order valence-corrected chi connectivity index (χ0v) is 33.5. The van der Waals surface area contributed by atoms with E-state index in [1.54, 1.807) is 32.6 Å². The van der Waals surface area contributed by atoms with Gasteiger partial charge in [0.05, 0.1) is 18.4 Å². The van der Waals surface area contributed by atoms with Gasteiger partial charge in [-0.15, -0.1) is 0 Å². The molecule has 0 unspecified atom stereocenters. The fourth-order valence-corrected chi connectivity index (χ4v) is 9.65. The van der Waals surface area contributed by atoms with Gasteiger partial charge in [0.1, 0.15) is 23.7 Å². The Morgan fingerprint density at radius 1 is 1.06 bits per heavy atom. The van der Waals surface area contributed by atoms with Crippen LogP contribution >= 0.6 is 0 Å². The van der Waals surface area contributed by atoms with Crippen LogP contribution in [0.3, 0.4) is 0 Å². The molecule has 3 heterocycles. The fraction of sp³-hybridized carbons (Fsp3) is 0.718. The molecule has 6 atom stereocenters. The highest BCUT2D eigenvalue weighted by molar-refractivity contribution is 7.91. The summed E-state index contributed by atoms with van der Waals surface area (Å²) in [5.74, 6) is -3.08.